The van der Waals surface area contributed by atoms with Gasteiger partial charge in [0.15, 0.2) is 0 Å². The van der Waals surface area contributed by atoms with Crippen molar-refractivity contribution < 1.29 is 19.4 Å². The van der Waals surface area contributed by atoms with Gasteiger partial charge in [0.1, 0.15) is 6.04 Å². The minimum Gasteiger partial charge on any atom is -0.480 e. The van der Waals surface area contributed by atoms with Crippen LogP contribution in [0.4, 0.5) is 4.79 Å². The molecule has 0 saturated carbocycles. The van der Waals surface area contributed by atoms with Crippen LogP contribution in [0.3, 0.4) is 0 Å². The molecule has 2 fully saturated rings. The van der Waals surface area contributed by atoms with Crippen LogP contribution in [0, 0.1) is 0 Å². The molecule has 0 aromatic carbocycles. The lowest BCUT2D eigenvalue weighted by atomic mass is 10.0. The molecule has 2 N–H and O–H groups in total. The smallest absolute Gasteiger partial charge is 0.326 e. The Balaban J connectivity index is 2.03. The second kappa shape index (κ2) is 5.77. The highest BCUT2D eigenvalue weighted by Crippen LogP contribution is 2.21. The van der Waals surface area contributed by atoms with Gasteiger partial charge in [0.2, 0.25) is 0 Å². The van der Waals surface area contributed by atoms with E-state index in [0.29, 0.717) is 26.2 Å². The molecule has 108 valence electrons. The number of carbonyl (C=O) groups excluding carboxylic acids is 1. The summed E-state index contributed by atoms with van der Waals surface area (Å²) in [5.74, 6) is -0.912. The Kier molecular flexibility index (Phi) is 4.29. The number of nitrogens with one attached hydrogen (secondary N) is 1. The zero-order chi connectivity index (χ0) is 13.9. The number of carboxylic acid groups (broad SMARTS) is 1. The quantitative estimate of drug-likeness (QED) is 0.790. The largest absolute Gasteiger partial charge is 0.480 e. The molecule has 0 bridgehead atoms. The highest BCUT2D eigenvalue weighted by Gasteiger charge is 2.36. The summed E-state index contributed by atoms with van der Waals surface area (Å²) in [6.45, 7) is 3.58. The summed E-state index contributed by atoms with van der Waals surface area (Å²) in [6, 6.07) is -0.976. The summed E-state index contributed by atoms with van der Waals surface area (Å²) >= 11 is 0. The molecule has 2 saturated heterocycles. The minimum absolute atomic E-state index is 0.276. The molecule has 0 aromatic heterocycles. The predicted octanol–water partition coefficient (Wildman–Crippen LogP) is 1.20. The van der Waals surface area contributed by atoms with Crippen LogP contribution in [0.1, 0.15) is 39.0 Å². The van der Waals surface area contributed by atoms with E-state index in [-0.39, 0.29) is 11.6 Å². The molecule has 2 amide bonds. The first-order valence-corrected chi connectivity index (χ1v) is 6.91. The first-order chi connectivity index (χ1) is 9.02. The molecule has 0 aromatic rings. The van der Waals surface area contributed by atoms with Crippen LogP contribution < -0.4 is 5.32 Å². The Morgan fingerprint density at radius 2 is 2.16 bits per heavy atom. The lowest BCUT2D eigenvalue weighted by Gasteiger charge is -2.32. The molecular formula is C13H22N2O4. The first-order valence-electron chi connectivity index (χ1n) is 6.91. The summed E-state index contributed by atoms with van der Waals surface area (Å²) in [7, 11) is 0. The number of amides is 2. The van der Waals surface area contributed by atoms with Crippen LogP contribution in [0.5, 0.6) is 0 Å². The molecule has 2 unspecified atom stereocenters. The van der Waals surface area contributed by atoms with E-state index in [0.717, 1.165) is 25.7 Å². The molecule has 0 spiro atoms. The Labute approximate surface area is 113 Å². The van der Waals surface area contributed by atoms with E-state index >= 15 is 0 Å². The third kappa shape index (κ3) is 3.37. The van der Waals surface area contributed by atoms with Crippen molar-refractivity contribution in [3.05, 3.63) is 0 Å². The van der Waals surface area contributed by atoms with E-state index < -0.39 is 12.0 Å². The first kappa shape index (κ1) is 14.1. The van der Waals surface area contributed by atoms with Crippen LogP contribution in [0.15, 0.2) is 0 Å². The van der Waals surface area contributed by atoms with Gasteiger partial charge in [-0.3, -0.25) is 0 Å². The van der Waals surface area contributed by atoms with Crippen molar-refractivity contribution in [3.63, 3.8) is 0 Å². The molecule has 2 heterocycles. The SMILES string of the molecule is CC1(NC(=O)N2CCCCCC2C(=O)O)CCOC1. The van der Waals surface area contributed by atoms with Gasteiger partial charge in [0.25, 0.3) is 0 Å². The average Bonchev–Trinajstić information content (AvgIpc) is 2.65. The highest BCUT2D eigenvalue weighted by molar-refractivity contribution is 5.83. The number of hydrogen-bond acceptors (Lipinski definition) is 3. The second-order valence-corrected chi connectivity index (χ2v) is 5.69. The van der Waals surface area contributed by atoms with Crippen molar-refractivity contribution in [2.75, 3.05) is 19.8 Å². The lowest BCUT2D eigenvalue weighted by molar-refractivity contribution is -0.142. The van der Waals surface area contributed by atoms with Gasteiger partial charge in [-0.1, -0.05) is 12.8 Å². The molecule has 6 nitrogen and oxygen atoms in total. The zero-order valence-corrected chi connectivity index (χ0v) is 11.4. The molecule has 2 atom stereocenters. The van der Waals surface area contributed by atoms with Crippen molar-refractivity contribution in [1.29, 1.82) is 0 Å². The van der Waals surface area contributed by atoms with Crippen LogP contribution in [0.25, 0.3) is 0 Å². The monoisotopic (exact) mass is 270 g/mol. The fraction of sp³-hybridized carbons (Fsp3) is 0.846. The maximum Gasteiger partial charge on any atom is 0.326 e. The second-order valence-electron chi connectivity index (χ2n) is 5.69. The van der Waals surface area contributed by atoms with Crippen LogP contribution >= 0.6 is 0 Å². The van der Waals surface area contributed by atoms with Gasteiger partial charge >= 0.3 is 12.0 Å². The van der Waals surface area contributed by atoms with Gasteiger partial charge in [-0.05, 0) is 26.2 Å². The third-order valence-corrected chi connectivity index (χ3v) is 3.93. The number of aliphatic carboxylic acids is 1. The topological polar surface area (TPSA) is 78.9 Å². The van der Waals surface area contributed by atoms with Crippen molar-refractivity contribution in [2.24, 2.45) is 0 Å². The molecule has 2 rings (SSSR count). The summed E-state index contributed by atoms with van der Waals surface area (Å²) in [5.41, 5.74) is -0.369. The number of ether oxygens (including phenoxy) is 1. The van der Waals surface area contributed by atoms with Gasteiger partial charge in [-0.15, -0.1) is 0 Å². The number of carboxylic acids is 1. The van der Waals surface area contributed by atoms with E-state index in [4.69, 9.17) is 4.74 Å². The van der Waals surface area contributed by atoms with Gasteiger partial charge in [0, 0.05) is 13.2 Å². The van der Waals surface area contributed by atoms with E-state index in [1.165, 1.54) is 4.90 Å². The van der Waals surface area contributed by atoms with Gasteiger partial charge in [0.05, 0.1) is 12.1 Å². The molecule has 2 aliphatic heterocycles. The fourth-order valence-corrected chi connectivity index (χ4v) is 2.70. The number of hydrogen-bond donors (Lipinski definition) is 2. The lowest BCUT2D eigenvalue weighted by Crippen LogP contribution is -2.56. The molecule has 0 aliphatic carbocycles. The van der Waals surface area contributed by atoms with E-state index in [1.54, 1.807) is 0 Å². The van der Waals surface area contributed by atoms with Crippen molar-refractivity contribution in [2.45, 2.75) is 50.6 Å². The number of urea groups is 1. The Morgan fingerprint density at radius 1 is 1.37 bits per heavy atom. The minimum atomic E-state index is -0.912. The Bertz CT molecular complexity index is 353. The van der Waals surface area contributed by atoms with Gasteiger partial charge in [-0.25, -0.2) is 9.59 Å². The van der Waals surface area contributed by atoms with Crippen molar-refractivity contribution in [1.82, 2.24) is 10.2 Å². The van der Waals surface area contributed by atoms with Crippen molar-refractivity contribution >= 4 is 12.0 Å². The molecule has 0 radical (unpaired) electrons. The summed E-state index contributed by atoms with van der Waals surface area (Å²) in [4.78, 5) is 25.1. The Hall–Kier alpha value is -1.30. The maximum absolute atomic E-state index is 12.3. The standard InChI is InChI=1S/C13H22N2O4/c1-13(6-8-19-9-13)14-12(18)15-7-4-2-3-5-10(15)11(16)17/h10H,2-9H2,1H3,(H,14,18)(H,16,17). The molecule has 2 aliphatic rings. The van der Waals surface area contributed by atoms with E-state index in [1.807, 2.05) is 6.92 Å². The predicted molar refractivity (Wildman–Crippen MR) is 69.0 cm³/mol. The van der Waals surface area contributed by atoms with Crippen molar-refractivity contribution in [3.8, 4) is 0 Å². The number of carbonyl (C=O) groups is 2. The summed E-state index contributed by atoms with van der Waals surface area (Å²) in [5, 5.41) is 12.2. The van der Waals surface area contributed by atoms with Gasteiger partial charge < -0.3 is 20.1 Å². The highest BCUT2D eigenvalue weighted by atomic mass is 16.5. The number of likely N-dealkylation sites (tertiary alicyclic amines) is 1. The molecule has 19 heavy (non-hydrogen) atoms. The average molecular weight is 270 g/mol. The van der Waals surface area contributed by atoms with Gasteiger partial charge in [-0.2, -0.15) is 0 Å². The fourth-order valence-electron chi connectivity index (χ4n) is 2.70. The van der Waals surface area contributed by atoms with E-state index in [2.05, 4.69) is 5.32 Å². The summed E-state index contributed by atoms with van der Waals surface area (Å²) in [6.07, 6.45) is 4.01. The third-order valence-electron chi connectivity index (χ3n) is 3.93. The Morgan fingerprint density at radius 3 is 2.79 bits per heavy atom. The zero-order valence-electron chi connectivity index (χ0n) is 11.4. The van der Waals surface area contributed by atoms with Crippen LogP contribution in [-0.2, 0) is 9.53 Å². The van der Waals surface area contributed by atoms with Crippen LogP contribution in [0.2, 0.25) is 0 Å². The van der Waals surface area contributed by atoms with Crippen LogP contribution in [-0.4, -0.2) is 53.3 Å². The summed E-state index contributed by atoms with van der Waals surface area (Å²) < 4.78 is 5.30. The molecule has 6 heteroatoms. The molecular weight excluding hydrogens is 248 g/mol. The number of nitrogens with zero attached hydrogens (tertiary/aromatic N) is 1. The number of rotatable bonds is 2. The maximum atomic E-state index is 12.3. The normalized spacial score (nSPS) is 31.8. The van der Waals surface area contributed by atoms with E-state index in [9.17, 15) is 14.7 Å².